The molecule has 4 aromatic rings. The van der Waals surface area contributed by atoms with Crippen molar-refractivity contribution in [1.29, 1.82) is 0 Å². The van der Waals surface area contributed by atoms with Gasteiger partial charge in [-0.25, -0.2) is 4.70 Å². The van der Waals surface area contributed by atoms with Crippen LogP contribution < -0.4 is 0 Å². The first kappa shape index (κ1) is 49.0. The van der Waals surface area contributed by atoms with Crippen LogP contribution in [0.3, 0.4) is 0 Å². The molecule has 0 aromatic heterocycles. The quantitative estimate of drug-likeness (QED) is 0.0310. The summed E-state index contributed by atoms with van der Waals surface area (Å²) in [6, 6.07) is 38.3. The second kappa shape index (κ2) is 30.4. The van der Waals surface area contributed by atoms with Crippen molar-refractivity contribution in [2.45, 2.75) is 176 Å². The van der Waals surface area contributed by atoms with Gasteiger partial charge >= 0.3 is 108 Å². The van der Waals surface area contributed by atoms with Crippen molar-refractivity contribution in [3.05, 3.63) is 159 Å². The van der Waals surface area contributed by atoms with Crippen molar-refractivity contribution in [2.75, 3.05) is 0 Å². The maximum atomic E-state index is 11.9. The zero-order chi connectivity index (χ0) is 42.5. The maximum absolute atomic E-state index is 11.9. The molecular formula is C55H76N2NiO2. The summed E-state index contributed by atoms with van der Waals surface area (Å²) in [5, 5.41) is 0. The van der Waals surface area contributed by atoms with Crippen LogP contribution in [0.25, 0.3) is 16.9 Å². The van der Waals surface area contributed by atoms with Crippen LogP contribution in [0.1, 0.15) is 183 Å². The molecule has 0 radical (unpaired) electrons. The van der Waals surface area contributed by atoms with Crippen molar-refractivity contribution in [2.24, 2.45) is 0 Å². The van der Waals surface area contributed by atoms with E-state index in [4.69, 9.17) is 7.76 Å². The fraction of sp³-hybridized carbons (Fsp3) is 0.491. The van der Waals surface area contributed by atoms with E-state index in [1.165, 1.54) is 119 Å². The molecule has 60 heavy (non-hydrogen) atoms. The number of unbranched alkanes of at least 4 members (excludes halogenated alkanes) is 13. The Bertz CT molecular complexity index is 1760. The molecule has 0 amide bonds. The summed E-state index contributed by atoms with van der Waals surface area (Å²) >= 11 is 0.863. The molecule has 1 aliphatic heterocycles. The topological polar surface area (TPSA) is 43.8 Å². The molecule has 0 saturated carbocycles. The molecule has 4 aromatic carbocycles. The van der Waals surface area contributed by atoms with E-state index in [9.17, 15) is 5.53 Å². The van der Waals surface area contributed by atoms with Crippen molar-refractivity contribution >= 4 is 11.4 Å². The van der Waals surface area contributed by atoms with Crippen LogP contribution in [0.15, 0.2) is 120 Å². The first-order chi connectivity index (χ1) is 29.6. The van der Waals surface area contributed by atoms with Gasteiger partial charge in [0.1, 0.15) is 0 Å². The van der Waals surface area contributed by atoms with Crippen molar-refractivity contribution in [1.82, 2.24) is 0 Å². The molecule has 328 valence electrons. The third-order valence-corrected chi connectivity index (χ3v) is 12.0. The number of allylic oxidation sites excluding steroid dienone is 2. The van der Waals surface area contributed by atoms with Gasteiger partial charge in [-0.1, -0.05) is 135 Å². The zero-order valence-corrected chi connectivity index (χ0v) is 38.7. The van der Waals surface area contributed by atoms with Gasteiger partial charge in [-0.2, -0.15) is 0 Å². The van der Waals surface area contributed by atoms with Crippen LogP contribution in [-0.2, 0) is 48.9 Å². The molecule has 4 nitrogen and oxygen atoms in total. The number of hydrogen-bond donors (Lipinski definition) is 0. The number of aryl methyl sites for hydroxylation is 2. The number of nitrogens with zero attached hydrogens (tertiary/aromatic N) is 2. The van der Waals surface area contributed by atoms with Crippen LogP contribution in [0.4, 0.5) is 0 Å². The van der Waals surface area contributed by atoms with E-state index in [0.29, 0.717) is 13.2 Å². The van der Waals surface area contributed by atoms with Crippen LogP contribution in [0.2, 0.25) is 0 Å². The van der Waals surface area contributed by atoms with Gasteiger partial charge in [-0.15, -0.1) is 0 Å². The molecule has 5 heteroatoms. The van der Waals surface area contributed by atoms with Crippen LogP contribution in [0.5, 0.6) is 0 Å². The Morgan fingerprint density at radius 3 is 1.15 bits per heavy atom. The van der Waals surface area contributed by atoms with Gasteiger partial charge in [0.25, 0.3) is 0 Å². The van der Waals surface area contributed by atoms with Gasteiger partial charge < -0.3 is 5.53 Å². The number of benzene rings is 4. The number of rotatable bonds is 29. The Balaban J connectivity index is 0.000000386. The van der Waals surface area contributed by atoms with Gasteiger partial charge in [-0.05, 0) is 86.8 Å². The number of hydrogen-bond acceptors (Lipinski definition) is 2. The Morgan fingerprint density at radius 2 is 0.733 bits per heavy atom. The van der Waals surface area contributed by atoms with E-state index in [2.05, 4.69) is 76.2 Å². The summed E-state index contributed by atoms with van der Waals surface area (Å²) in [5.41, 5.74) is 24.0. The van der Waals surface area contributed by atoms with Gasteiger partial charge in [0.2, 0.25) is 11.4 Å². The second-order valence-corrected chi connectivity index (χ2v) is 17.2. The van der Waals surface area contributed by atoms with E-state index in [1.54, 1.807) is 4.70 Å². The molecule has 0 bridgehead atoms. The third kappa shape index (κ3) is 17.8. The van der Waals surface area contributed by atoms with Crippen molar-refractivity contribution < 1.29 is 27.5 Å². The minimum atomic E-state index is 0.565. The summed E-state index contributed by atoms with van der Waals surface area (Å²) < 4.78 is 12.3. The third-order valence-electron chi connectivity index (χ3n) is 11.4. The van der Waals surface area contributed by atoms with E-state index in [1.807, 2.05) is 60.7 Å². The molecular weight excluding hydrogens is 779 g/mol. The monoisotopic (exact) mass is 855 g/mol. The van der Waals surface area contributed by atoms with Crippen LogP contribution >= 0.6 is 0 Å². The average Bonchev–Trinajstić information content (AvgIpc) is 3.56. The molecule has 0 unspecified atom stereocenters. The molecule has 0 atom stereocenters. The summed E-state index contributed by atoms with van der Waals surface area (Å²) in [6.07, 6.45) is 26.2. The Hall–Kier alpha value is -3.63. The standard InChI is InChI=1S/C41H62N2.2C7H7O.Ni/c1-5-9-13-15-17-20-22-34-26-30-36(31-27-34)40-38(24-12-8-4)39(25-19-11-7-3)41(43(40)42)37-32-28-35(29-33-37)23-21-18-16-14-10-6-2;2*8-6-7-4-2-1-3-5-7;/h26-33H,5-25H2,1-4H3;2*1-5H,6H2;/q;2*-1;+2. The zero-order valence-electron chi connectivity index (χ0n) is 37.7. The predicted molar refractivity (Wildman–Crippen MR) is 251 cm³/mol. The molecule has 0 fully saturated rings. The summed E-state index contributed by atoms with van der Waals surface area (Å²) in [4.78, 5) is 0. The second-order valence-electron chi connectivity index (χ2n) is 16.5. The van der Waals surface area contributed by atoms with E-state index in [0.717, 1.165) is 87.3 Å². The summed E-state index contributed by atoms with van der Waals surface area (Å²) in [6.45, 7) is 10.2. The van der Waals surface area contributed by atoms with Crippen LogP contribution in [-0.4, -0.2) is 4.70 Å². The predicted octanol–water partition coefficient (Wildman–Crippen LogP) is 16.8. The van der Waals surface area contributed by atoms with E-state index < -0.39 is 0 Å². The van der Waals surface area contributed by atoms with Gasteiger partial charge in [0.15, 0.2) is 0 Å². The molecule has 0 N–H and O–H groups in total. The van der Waals surface area contributed by atoms with Crippen molar-refractivity contribution in [3.63, 3.8) is 0 Å². The SMILES string of the molecule is CCCCCCCCc1ccc(C2=C(CCCC)C(CCCCC)=C(c3ccc(CCCCCCCC)cc3)[N+]2=[N-])cc1.c1ccc(C[O][Ni][O]Cc2ccccc2)cc1. The first-order valence-corrected chi connectivity index (χ1v) is 24.5. The molecule has 0 saturated heterocycles. The summed E-state index contributed by atoms with van der Waals surface area (Å²) in [7, 11) is 0. The Morgan fingerprint density at radius 1 is 0.383 bits per heavy atom. The first-order valence-electron chi connectivity index (χ1n) is 23.6. The van der Waals surface area contributed by atoms with E-state index in [-0.39, 0.29) is 0 Å². The van der Waals surface area contributed by atoms with E-state index >= 15 is 0 Å². The molecule has 0 aliphatic carbocycles. The fourth-order valence-corrected chi connectivity index (χ4v) is 8.41. The van der Waals surface area contributed by atoms with Gasteiger partial charge in [-0.3, -0.25) is 0 Å². The van der Waals surface area contributed by atoms with Gasteiger partial charge in [0.05, 0.1) is 0 Å². The molecule has 1 aliphatic rings. The average molecular weight is 856 g/mol. The fourth-order valence-electron chi connectivity index (χ4n) is 7.89. The minimum absolute atomic E-state index is 0.565. The molecule has 5 rings (SSSR count). The van der Waals surface area contributed by atoms with Crippen LogP contribution in [0, 0.1) is 0 Å². The summed E-state index contributed by atoms with van der Waals surface area (Å²) in [5.74, 6) is 0. The normalized spacial score (nSPS) is 12.7. The Kier molecular flexibility index (Phi) is 24.9. The van der Waals surface area contributed by atoms with Crippen molar-refractivity contribution in [3.8, 4) is 0 Å². The van der Waals surface area contributed by atoms with Gasteiger partial charge in [0, 0.05) is 22.3 Å². The molecule has 0 spiro atoms. The molecule has 1 heterocycles. The Labute approximate surface area is 372 Å².